The van der Waals surface area contributed by atoms with Gasteiger partial charge in [-0.15, -0.1) is 11.3 Å². The average molecular weight is 611 g/mol. The molecule has 6 aromatic carbocycles. The standard InChI is InChI=1S/C42H30N2OS/c1-4-12-29(13-5-1)43(30-14-6-2-7-15-30)33-20-23-36-37-24-21-34(28-42(37)46-41(36)27-33)44(31-16-8-3-9-17-31)32-22-25-40-38(26-32)35-18-10-11-19-39(35)45-40/h1-14,16-28,30H,15H2. The van der Waals surface area contributed by atoms with Crippen molar-refractivity contribution < 1.29 is 4.42 Å². The minimum atomic E-state index is 0.273. The molecule has 9 rings (SSSR count). The number of thiophene rings is 1. The van der Waals surface area contributed by atoms with Gasteiger partial charge in [0.05, 0.1) is 6.04 Å². The molecule has 4 heteroatoms. The number of anilines is 5. The molecule has 0 amide bonds. The molecule has 0 spiro atoms. The van der Waals surface area contributed by atoms with Crippen LogP contribution >= 0.6 is 11.3 Å². The van der Waals surface area contributed by atoms with Gasteiger partial charge >= 0.3 is 0 Å². The normalized spacial score (nSPS) is 14.5. The van der Waals surface area contributed by atoms with Gasteiger partial charge in [-0.1, -0.05) is 91.0 Å². The highest BCUT2D eigenvalue weighted by molar-refractivity contribution is 7.25. The van der Waals surface area contributed by atoms with E-state index in [0.717, 1.165) is 45.4 Å². The Morgan fingerprint density at radius 1 is 0.500 bits per heavy atom. The highest BCUT2D eigenvalue weighted by atomic mass is 32.1. The number of rotatable bonds is 6. The molecule has 0 saturated carbocycles. The van der Waals surface area contributed by atoms with Crippen molar-refractivity contribution in [3.63, 3.8) is 0 Å². The molecule has 2 aromatic heterocycles. The van der Waals surface area contributed by atoms with E-state index >= 15 is 0 Å². The lowest BCUT2D eigenvalue weighted by atomic mass is 10.0. The van der Waals surface area contributed by atoms with Crippen LogP contribution in [0.3, 0.4) is 0 Å². The topological polar surface area (TPSA) is 19.6 Å². The highest BCUT2D eigenvalue weighted by Crippen LogP contribution is 2.43. The Hall–Kier alpha value is -5.58. The number of hydrogen-bond acceptors (Lipinski definition) is 4. The molecule has 2 heterocycles. The van der Waals surface area contributed by atoms with E-state index < -0.39 is 0 Å². The van der Waals surface area contributed by atoms with Crippen LogP contribution in [-0.4, -0.2) is 6.04 Å². The summed E-state index contributed by atoms with van der Waals surface area (Å²) in [6, 6.07) is 50.2. The van der Waals surface area contributed by atoms with E-state index in [9.17, 15) is 0 Å². The van der Waals surface area contributed by atoms with Crippen LogP contribution in [-0.2, 0) is 0 Å². The minimum Gasteiger partial charge on any atom is -0.456 e. The molecule has 220 valence electrons. The number of allylic oxidation sites excluding steroid dienone is 2. The molecular formula is C42H30N2OS. The van der Waals surface area contributed by atoms with E-state index in [0.29, 0.717) is 0 Å². The molecule has 0 aliphatic heterocycles. The summed E-state index contributed by atoms with van der Waals surface area (Å²) in [6.07, 6.45) is 9.84. The van der Waals surface area contributed by atoms with Crippen molar-refractivity contribution in [1.82, 2.24) is 0 Å². The third kappa shape index (κ3) is 4.58. The molecule has 1 aliphatic carbocycles. The second-order valence-electron chi connectivity index (χ2n) is 11.7. The second kappa shape index (κ2) is 11.1. The number of furan rings is 1. The number of fused-ring (bicyclic) bond motifs is 6. The Labute approximate surface area is 271 Å². The van der Waals surface area contributed by atoms with E-state index in [2.05, 4.69) is 161 Å². The monoisotopic (exact) mass is 610 g/mol. The van der Waals surface area contributed by atoms with Gasteiger partial charge in [-0.25, -0.2) is 0 Å². The number of hydrogen-bond donors (Lipinski definition) is 0. The molecule has 0 fully saturated rings. The van der Waals surface area contributed by atoms with Crippen molar-refractivity contribution in [3.05, 3.63) is 164 Å². The maximum Gasteiger partial charge on any atom is 0.135 e. The van der Waals surface area contributed by atoms with Crippen LogP contribution in [0.25, 0.3) is 42.1 Å². The first-order valence-electron chi connectivity index (χ1n) is 15.7. The first kappa shape index (κ1) is 26.8. The van der Waals surface area contributed by atoms with Crippen LogP contribution in [0.4, 0.5) is 28.4 Å². The summed E-state index contributed by atoms with van der Waals surface area (Å²) in [4.78, 5) is 4.80. The molecule has 0 saturated heterocycles. The lowest BCUT2D eigenvalue weighted by Crippen LogP contribution is -2.29. The number of para-hydroxylation sites is 3. The zero-order valence-corrected chi connectivity index (χ0v) is 25.9. The molecule has 8 aromatic rings. The Balaban J connectivity index is 1.16. The van der Waals surface area contributed by atoms with E-state index in [1.165, 1.54) is 31.5 Å². The molecule has 1 unspecified atom stereocenters. The molecule has 0 bridgehead atoms. The fraction of sp³-hybridized carbons (Fsp3) is 0.0476. The van der Waals surface area contributed by atoms with Crippen LogP contribution in [0, 0.1) is 0 Å². The molecular weight excluding hydrogens is 581 g/mol. The maximum atomic E-state index is 6.16. The Morgan fingerprint density at radius 2 is 1.13 bits per heavy atom. The third-order valence-electron chi connectivity index (χ3n) is 8.93. The van der Waals surface area contributed by atoms with Gasteiger partial charge in [0.15, 0.2) is 0 Å². The molecule has 0 radical (unpaired) electrons. The van der Waals surface area contributed by atoms with Crippen molar-refractivity contribution >= 4 is 81.9 Å². The fourth-order valence-electron chi connectivity index (χ4n) is 6.80. The largest absolute Gasteiger partial charge is 0.456 e. The Morgan fingerprint density at radius 3 is 1.89 bits per heavy atom. The highest BCUT2D eigenvalue weighted by Gasteiger charge is 2.21. The molecule has 46 heavy (non-hydrogen) atoms. The van der Waals surface area contributed by atoms with Crippen molar-refractivity contribution in [1.29, 1.82) is 0 Å². The van der Waals surface area contributed by atoms with E-state index in [-0.39, 0.29) is 6.04 Å². The zero-order valence-electron chi connectivity index (χ0n) is 25.1. The number of benzene rings is 6. The molecule has 1 aliphatic rings. The van der Waals surface area contributed by atoms with Gasteiger partial charge in [0, 0.05) is 59.4 Å². The Bertz CT molecular complexity index is 2420. The number of nitrogens with zero attached hydrogens (tertiary/aromatic N) is 2. The van der Waals surface area contributed by atoms with E-state index in [4.69, 9.17) is 4.42 Å². The smallest absolute Gasteiger partial charge is 0.135 e. The van der Waals surface area contributed by atoms with Gasteiger partial charge in [-0.3, -0.25) is 0 Å². The molecule has 1 atom stereocenters. The molecule has 0 N–H and O–H groups in total. The third-order valence-corrected chi connectivity index (χ3v) is 10.0. The van der Waals surface area contributed by atoms with Crippen LogP contribution in [0.15, 0.2) is 168 Å². The van der Waals surface area contributed by atoms with Gasteiger partial charge in [-0.2, -0.15) is 0 Å². The van der Waals surface area contributed by atoms with E-state index in [1.54, 1.807) is 0 Å². The Kier molecular flexibility index (Phi) is 6.46. The van der Waals surface area contributed by atoms with Crippen LogP contribution in [0.1, 0.15) is 6.42 Å². The summed E-state index contributed by atoms with van der Waals surface area (Å²) >= 11 is 1.86. The summed E-state index contributed by atoms with van der Waals surface area (Å²) < 4.78 is 8.72. The van der Waals surface area contributed by atoms with Gasteiger partial charge in [0.2, 0.25) is 0 Å². The average Bonchev–Trinajstić information content (AvgIpc) is 3.67. The van der Waals surface area contributed by atoms with Crippen molar-refractivity contribution in [2.75, 3.05) is 9.80 Å². The predicted molar refractivity (Wildman–Crippen MR) is 197 cm³/mol. The van der Waals surface area contributed by atoms with Crippen LogP contribution in [0.5, 0.6) is 0 Å². The predicted octanol–water partition coefficient (Wildman–Crippen LogP) is 12.4. The first-order chi connectivity index (χ1) is 22.8. The van der Waals surface area contributed by atoms with Gasteiger partial charge in [0.1, 0.15) is 11.2 Å². The van der Waals surface area contributed by atoms with Crippen LogP contribution in [0.2, 0.25) is 0 Å². The van der Waals surface area contributed by atoms with Gasteiger partial charge in [-0.05, 0) is 79.2 Å². The first-order valence-corrected chi connectivity index (χ1v) is 16.5. The summed E-state index contributed by atoms with van der Waals surface area (Å²) in [5.41, 5.74) is 7.57. The molecule has 3 nitrogen and oxygen atoms in total. The zero-order chi connectivity index (χ0) is 30.5. The van der Waals surface area contributed by atoms with E-state index in [1.807, 2.05) is 23.5 Å². The summed E-state index contributed by atoms with van der Waals surface area (Å²) in [5.74, 6) is 0. The van der Waals surface area contributed by atoms with Gasteiger partial charge < -0.3 is 14.2 Å². The van der Waals surface area contributed by atoms with Crippen molar-refractivity contribution in [2.24, 2.45) is 0 Å². The van der Waals surface area contributed by atoms with Crippen molar-refractivity contribution in [3.8, 4) is 0 Å². The summed E-state index contributed by atoms with van der Waals surface area (Å²) in [6.45, 7) is 0. The summed E-state index contributed by atoms with van der Waals surface area (Å²) in [5, 5.41) is 4.83. The summed E-state index contributed by atoms with van der Waals surface area (Å²) in [7, 11) is 0. The van der Waals surface area contributed by atoms with Gasteiger partial charge in [0.25, 0.3) is 0 Å². The quantitative estimate of drug-likeness (QED) is 0.187. The minimum absolute atomic E-state index is 0.273. The van der Waals surface area contributed by atoms with Crippen molar-refractivity contribution in [2.45, 2.75) is 12.5 Å². The maximum absolute atomic E-state index is 6.16. The fourth-order valence-corrected chi connectivity index (χ4v) is 7.97. The lowest BCUT2D eigenvalue weighted by Gasteiger charge is -2.32. The van der Waals surface area contributed by atoms with Crippen LogP contribution < -0.4 is 9.80 Å². The SMILES string of the molecule is C1=CCC(N(c2ccccc2)c2ccc3c(c2)sc2cc(N(c4ccccc4)c4ccc5oc6ccccc6c5c4)ccc23)C=C1. The lowest BCUT2D eigenvalue weighted by molar-refractivity contribution is 0.669. The second-order valence-corrected chi connectivity index (χ2v) is 12.8.